The molecular weight excluding hydrogens is 335 g/mol. The van der Waals surface area contributed by atoms with Gasteiger partial charge in [-0.05, 0) is 28.2 Å². The minimum absolute atomic E-state index is 0.573. The summed E-state index contributed by atoms with van der Waals surface area (Å²) in [5.74, 6) is 0. The number of halogens is 1. The smallest absolute Gasteiger partial charge is 0.110 e. The summed E-state index contributed by atoms with van der Waals surface area (Å²) in [4.78, 5) is 9.58. The Morgan fingerprint density at radius 2 is 2.12 bits per heavy atom. The summed E-state index contributed by atoms with van der Waals surface area (Å²) in [6, 6.07) is 10.1. The second-order valence-electron chi connectivity index (χ2n) is 3.15. The summed E-state index contributed by atoms with van der Waals surface area (Å²) < 4.78 is 1.19. The number of hydrogen-bond donors (Lipinski definition) is 1. The van der Waals surface area contributed by atoms with Crippen molar-refractivity contribution in [1.82, 2.24) is 10.5 Å². The zero-order valence-corrected chi connectivity index (χ0v) is 11.5. The SMILES string of the molecule is Ic1cnc(CNOCc2ccccc2)s1. The molecule has 0 aliphatic heterocycles. The minimum atomic E-state index is 0.573. The lowest BCUT2D eigenvalue weighted by Crippen LogP contribution is -2.13. The van der Waals surface area contributed by atoms with Crippen LogP contribution in [0.4, 0.5) is 0 Å². The number of nitrogens with zero attached hydrogens (tertiary/aromatic N) is 1. The van der Waals surface area contributed by atoms with Crippen LogP contribution in [0.2, 0.25) is 0 Å². The first-order valence-corrected chi connectivity index (χ1v) is 6.73. The molecule has 0 aliphatic carbocycles. The van der Waals surface area contributed by atoms with Crippen LogP contribution < -0.4 is 5.48 Å². The van der Waals surface area contributed by atoms with E-state index in [4.69, 9.17) is 4.84 Å². The number of benzene rings is 1. The van der Waals surface area contributed by atoms with Gasteiger partial charge in [-0.3, -0.25) is 4.84 Å². The fourth-order valence-electron chi connectivity index (χ4n) is 1.19. The van der Waals surface area contributed by atoms with Crippen molar-refractivity contribution in [1.29, 1.82) is 0 Å². The molecule has 0 unspecified atom stereocenters. The van der Waals surface area contributed by atoms with Crippen LogP contribution in [0.25, 0.3) is 0 Å². The highest BCUT2D eigenvalue weighted by atomic mass is 127. The predicted octanol–water partition coefficient (Wildman–Crippen LogP) is 2.97. The van der Waals surface area contributed by atoms with Crippen LogP contribution in [0, 0.1) is 2.88 Å². The molecule has 0 radical (unpaired) electrons. The maximum absolute atomic E-state index is 5.35. The van der Waals surface area contributed by atoms with Gasteiger partial charge in [-0.1, -0.05) is 30.3 Å². The van der Waals surface area contributed by atoms with E-state index in [9.17, 15) is 0 Å². The second kappa shape index (κ2) is 6.29. The zero-order valence-electron chi connectivity index (χ0n) is 8.52. The van der Waals surface area contributed by atoms with Crippen molar-refractivity contribution < 1.29 is 4.84 Å². The number of aromatic nitrogens is 1. The van der Waals surface area contributed by atoms with Gasteiger partial charge in [0.15, 0.2) is 0 Å². The predicted molar refractivity (Wildman–Crippen MR) is 72.9 cm³/mol. The molecule has 84 valence electrons. The van der Waals surface area contributed by atoms with Gasteiger partial charge in [-0.2, -0.15) is 5.48 Å². The van der Waals surface area contributed by atoms with E-state index in [1.54, 1.807) is 11.3 Å². The van der Waals surface area contributed by atoms with Crippen LogP contribution in [0.15, 0.2) is 36.5 Å². The van der Waals surface area contributed by atoms with Crippen LogP contribution in [0.3, 0.4) is 0 Å². The van der Waals surface area contributed by atoms with Gasteiger partial charge in [0.25, 0.3) is 0 Å². The van der Waals surface area contributed by atoms with E-state index in [0.29, 0.717) is 13.2 Å². The lowest BCUT2D eigenvalue weighted by Gasteiger charge is -2.03. The first kappa shape index (κ1) is 12.0. The number of nitrogens with one attached hydrogen (secondary N) is 1. The average Bonchev–Trinajstić information content (AvgIpc) is 2.72. The molecule has 0 bridgehead atoms. The average molecular weight is 346 g/mol. The molecule has 1 aromatic heterocycles. The summed E-state index contributed by atoms with van der Waals surface area (Å²) in [6.07, 6.45) is 1.86. The third-order valence-corrected chi connectivity index (χ3v) is 3.66. The molecule has 0 spiro atoms. The van der Waals surface area contributed by atoms with Crippen molar-refractivity contribution in [2.45, 2.75) is 13.2 Å². The Morgan fingerprint density at radius 1 is 1.31 bits per heavy atom. The van der Waals surface area contributed by atoms with Gasteiger partial charge in [0.1, 0.15) is 5.01 Å². The molecule has 5 heteroatoms. The highest BCUT2D eigenvalue weighted by Crippen LogP contribution is 2.14. The molecular formula is C11H11IN2OS. The van der Waals surface area contributed by atoms with Crippen molar-refractivity contribution in [3.63, 3.8) is 0 Å². The van der Waals surface area contributed by atoms with E-state index in [1.165, 1.54) is 2.88 Å². The van der Waals surface area contributed by atoms with Gasteiger partial charge in [0.05, 0.1) is 22.2 Å². The number of hydroxylamine groups is 1. The third kappa shape index (κ3) is 3.82. The van der Waals surface area contributed by atoms with Crippen LogP contribution in [0.5, 0.6) is 0 Å². The van der Waals surface area contributed by atoms with Crippen molar-refractivity contribution >= 4 is 33.9 Å². The monoisotopic (exact) mass is 346 g/mol. The molecule has 3 nitrogen and oxygen atoms in total. The maximum atomic E-state index is 5.35. The Labute approximate surface area is 112 Å². The molecule has 2 rings (SSSR count). The molecule has 2 aromatic rings. The molecule has 16 heavy (non-hydrogen) atoms. The minimum Gasteiger partial charge on any atom is -0.297 e. The van der Waals surface area contributed by atoms with E-state index < -0.39 is 0 Å². The van der Waals surface area contributed by atoms with Crippen LogP contribution in [0.1, 0.15) is 10.6 Å². The molecule has 0 amide bonds. The highest BCUT2D eigenvalue weighted by Gasteiger charge is 1.98. The number of hydrogen-bond acceptors (Lipinski definition) is 4. The Bertz CT molecular complexity index is 433. The molecule has 0 fully saturated rings. The first-order chi connectivity index (χ1) is 7.84. The second-order valence-corrected chi connectivity index (χ2v) is 6.16. The standard InChI is InChI=1S/C11H11IN2OS/c12-10-6-13-11(16-10)7-14-15-8-9-4-2-1-3-5-9/h1-6,14H,7-8H2. The van der Waals surface area contributed by atoms with Crippen LogP contribution in [-0.4, -0.2) is 4.98 Å². The summed E-state index contributed by atoms with van der Waals surface area (Å²) in [6.45, 7) is 1.23. The fraction of sp³-hybridized carbons (Fsp3) is 0.182. The quantitative estimate of drug-likeness (QED) is 0.514. The van der Waals surface area contributed by atoms with Crippen molar-refractivity contribution in [3.05, 3.63) is 50.0 Å². The highest BCUT2D eigenvalue weighted by molar-refractivity contribution is 14.1. The molecule has 0 aliphatic rings. The van der Waals surface area contributed by atoms with Gasteiger partial charge in [0.2, 0.25) is 0 Å². The summed E-state index contributed by atoms with van der Waals surface area (Å²) in [5, 5.41) is 1.04. The van der Waals surface area contributed by atoms with E-state index in [-0.39, 0.29) is 0 Å². The van der Waals surface area contributed by atoms with E-state index in [1.807, 2.05) is 36.5 Å². The first-order valence-electron chi connectivity index (χ1n) is 4.83. The Morgan fingerprint density at radius 3 is 2.81 bits per heavy atom. The topological polar surface area (TPSA) is 34.2 Å². The van der Waals surface area contributed by atoms with Gasteiger partial charge >= 0.3 is 0 Å². The summed E-state index contributed by atoms with van der Waals surface area (Å²) in [5.41, 5.74) is 4.06. The molecule has 0 saturated heterocycles. The van der Waals surface area contributed by atoms with Crippen LogP contribution in [-0.2, 0) is 18.0 Å². The molecule has 1 heterocycles. The van der Waals surface area contributed by atoms with Gasteiger partial charge in [-0.15, -0.1) is 11.3 Å². The Balaban J connectivity index is 1.69. The van der Waals surface area contributed by atoms with E-state index in [2.05, 4.69) is 33.1 Å². The lowest BCUT2D eigenvalue weighted by molar-refractivity contribution is 0.0235. The summed E-state index contributed by atoms with van der Waals surface area (Å²) >= 11 is 3.93. The van der Waals surface area contributed by atoms with Crippen molar-refractivity contribution in [2.75, 3.05) is 0 Å². The summed E-state index contributed by atoms with van der Waals surface area (Å²) in [7, 11) is 0. The molecule has 0 saturated carbocycles. The van der Waals surface area contributed by atoms with E-state index in [0.717, 1.165) is 10.6 Å². The van der Waals surface area contributed by atoms with E-state index >= 15 is 0 Å². The maximum Gasteiger partial charge on any atom is 0.110 e. The normalized spacial score (nSPS) is 10.6. The molecule has 0 atom stereocenters. The third-order valence-electron chi connectivity index (χ3n) is 1.93. The van der Waals surface area contributed by atoms with Gasteiger partial charge in [0, 0.05) is 0 Å². The van der Waals surface area contributed by atoms with Gasteiger partial charge in [-0.25, -0.2) is 4.98 Å². The number of rotatable bonds is 5. The zero-order chi connectivity index (χ0) is 11.2. The number of thiazole rings is 1. The van der Waals surface area contributed by atoms with Crippen molar-refractivity contribution in [3.8, 4) is 0 Å². The van der Waals surface area contributed by atoms with Gasteiger partial charge < -0.3 is 0 Å². The Kier molecular flexibility index (Phi) is 4.70. The Hall–Kier alpha value is -0.500. The largest absolute Gasteiger partial charge is 0.297 e. The van der Waals surface area contributed by atoms with Crippen molar-refractivity contribution in [2.24, 2.45) is 0 Å². The van der Waals surface area contributed by atoms with Crippen LogP contribution >= 0.6 is 33.9 Å². The lowest BCUT2D eigenvalue weighted by atomic mass is 10.2. The molecule has 1 aromatic carbocycles. The molecule has 1 N–H and O–H groups in total. The fourth-order valence-corrected chi connectivity index (χ4v) is 2.66.